The predicted molar refractivity (Wildman–Crippen MR) is 102 cm³/mol. The number of amides is 2. The Balaban J connectivity index is 1.98. The Kier molecular flexibility index (Phi) is 4.92. The van der Waals surface area contributed by atoms with E-state index in [-0.39, 0.29) is 10.6 Å². The number of nitriles is 1. The first-order valence-corrected chi connectivity index (χ1v) is 9.79. The normalized spacial score (nSPS) is 23.8. The van der Waals surface area contributed by atoms with E-state index in [1.807, 2.05) is 38.3 Å². The number of nitrogens with zero attached hydrogens (tertiary/aromatic N) is 4. The van der Waals surface area contributed by atoms with E-state index in [2.05, 4.69) is 6.07 Å². The quantitative estimate of drug-likeness (QED) is 0.745. The summed E-state index contributed by atoms with van der Waals surface area (Å²) in [6, 6.07) is 5.88. The topological polar surface area (TPSA) is 95.6 Å². The molecule has 2 aliphatic rings. The van der Waals surface area contributed by atoms with Crippen molar-refractivity contribution in [3.05, 3.63) is 23.5 Å². The highest BCUT2D eigenvalue weighted by Crippen LogP contribution is 2.47. The molecule has 1 aromatic rings. The van der Waals surface area contributed by atoms with Gasteiger partial charge in [-0.2, -0.15) is 10.1 Å². The monoisotopic (exact) mass is 389 g/mol. The molecule has 152 valence electrons. The van der Waals surface area contributed by atoms with Crippen LogP contribution < -0.4 is 0 Å². The highest BCUT2D eigenvalue weighted by molar-refractivity contribution is 5.68. The second-order valence-electron chi connectivity index (χ2n) is 8.66. The molecular formula is C20H29N4O4+. The Labute approximate surface area is 165 Å². The number of quaternary nitrogens is 1. The minimum absolute atomic E-state index is 0.0654. The summed E-state index contributed by atoms with van der Waals surface area (Å²) in [6.45, 7) is 9.63. The summed E-state index contributed by atoms with van der Waals surface area (Å²) in [5, 5.41) is 19.6. The van der Waals surface area contributed by atoms with Crippen LogP contribution in [0.3, 0.4) is 0 Å². The molecule has 0 saturated carbocycles. The first-order valence-electron chi connectivity index (χ1n) is 9.79. The molecule has 0 aromatic carbocycles. The second-order valence-corrected chi connectivity index (χ2v) is 8.66. The fourth-order valence-corrected chi connectivity index (χ4v) is 4.86. The van der Waals surface area contributed by atoms with E-state index in [9.17, 15) is 20.0 Å². The fourth-order valence-electron chi connectivity index (χ4n) is 4.86. The molecule has 1 saturated heterocycles. The van der Waals surface area contributed by atoms with E-state index < -0.39 is 17.2 Å². The van der Waals surface area contributed by atoms with Crippen LogP contribution in [0.25, 0.3) is 0 Å². The lowest BCUT2D eigenvalue weighted by Crippen LogP contribution is -2.71. The lowest BCUT2D eigenvalue weighted by Gasteiger charge is -2.54. The van der Waals surface area contributed by atoms with Crippen LogP contribution in [0.5, 0.6) is 0 Å². The maximum absolute atomic E-state index is 12.5. The van der Waals surface area contributed by atoms with Crippen molar-refractivity contribution in [2.45, 2.75) is 58.2 Å². The summed E-state index contributed by atoms with van der Waals surface area (Å²) in [6.07, 6.45) is -0.182. The van der Waals surface area contributed by atoms with Crippen LogP contribution in [0.1, 0.15) is 51.9 Å². The minimum atomic E-state index is -0.848. The molecule has 0 aliphatic carbocycles. The van der Waals surface area contributed by atoms with Crippen molar-refractivity contribution in [2.75, 3.05) is 26.2 Å². The molecule has 3 rings (SSSR count). The highest BCUT2D eigenvalue weighted by Gasteiger charge is 2.61. The first kappa shape index (κ1) is 20.2. The van der Waals surface area contributed by atoms with Crippen molar-refractivity contribution < 1.29 is 23.9 Å². The Morgan fingerprint density at radius 2 is 1.93 bits per heavy atom. The Morgan fingerprint density at radius 3 is 2.43 bits per heavy atom. The van der Waals surface area contributed by atoms with E-state index in [4.69, 9.17) is 4.74 Å². The van der Waals surface area contributed by atoms with E-state index in [0.29, 0.717) is 51.3 Å². The molecule has 0 bridgehead atoms. The summed E-state index contributed by atoms with van der Waals surface area (Å²) < 4.78 is 7.38. The van der Waals surface area contributed by atoms with E-state index >= 15 is 0 Å². The number of fused-ring (bicyclic) bond motifs is 2. The molecule has 8 nitrogen and oxygen atoms in total. The number of hydrogen-bond donors (Lipinski definition) is 1. The number of likely N-dealkylation sites (tertiary alicyclic amines) is 1. The third-order valence-corrected chi connectivity index (χ3v) is 6.24. The lowest BCUT2D eigenvalue weighted by atomic mass is 9.78. The molecule has 2 amide bonds. The van der Waals surface area contributed by atoms with Crippen LogP contribution in [-0.2, 0) is 16.8 Å². The molecule has 3 heterocycles. The van der Waals surface area contributed by atoms with Gasteiger partial charge in [0, 0.05) is 25.9 Å². The predicted octanol–water partition coefficient (Wildman–Crippen LogP) is 3.11. The molecule has 0 radical (unpaired) electrons. The van der Waals surface area contributed by atoms with Crippen LogP contribution in [0.15, 0.2) is 12.1 Å². The summed E-state index contributed by atoms with van der Waals surface area (Å²) in [5.74, 6) is 0. The maximum Gasteiger partial charge on any atom is 0.514 e. The van der Waals surface area contributed by atoms with Gasteiger partial charge in [-0.15, -0.1) is 0 Å². The molecule has 8 heteroatoms. The molecule has 1 atom stereocenters. The number of carbonyl (C=O) groups is 2. The minimum Gasteiger partial charge on any atom is -0.444 e. The smallest absolute Gasteiger partial charge is 0.444 e. The number of carboxylic acid groups (broad SMARTS) is 1. The van der Waals surface area contributed by atoms with Crippen molar-refractivity contribution in [3.63, 3.8) is 0 Å². The molecule has 1 aromatic heterocycles. The zero-order valence-electron chi connectivity index (χ0n) is 17.1. The van der Waals surface area contributed by atoms with Gasteiger partial charge in [-0.25, -0.2) is 9.28 Å². The lowest BCUT2D eigenvalue weighted by molar-refractivity contribution is -0.923. The number of rotatable bonds is 1. The SMILES string of the molecule is CC[N+]1(C(=O)O)CCn2c(C#N)ccc2C12CCN(C(=O)OC(C)(C)C)CC2. The van der Waals surface area contributed by atoms with E-state index in [0.717, 1.165) is 5.69 Å². The molecule has 1 unspecified atom stereocenters. The summed E-state index contributed by atoms with van der Waals surface area (Å²) in [4.78, 5) is 26.6. The molecule has 2 aliphatic heterocycles. The number of piperidine rings is 1. The highest BCUT2D eigenvalue weighted by atomic mass is 16.6. The summed E-state index contributed by atoms with van der Waals surface area (Å²) in [5.41, 5.74) is 0.219. The maximum atomic E-state index is 12.5. The van der Waals surface area contributed by atoms with Crippen molar-refractivity contribution in [3.8, 4) is 6.07 Å². The first-order chi connectivity index (χ1) is 13.1. The Hall–Kier alpha value is -2.53. The van der Waals surface area contributed by atoms with Crippen LogP contribution in [-0.4, -0.2) is 63.0 Å². The second kappa shape index (κ2) is 6.82. The van der Waals surface area contributed by atoms with Crippen molar-refractivity contribution >= 4 is 12.2 Å². The summed E-state index contributed by atoms with van der Waals surface area (Å²) >= 11 is 0. The van der Waals surface area contributed by atoms with Gasteiger partial charge in [0.05, 0.1) is 18.8 Å². The van der Waals surface area contributed by atoms with Crippen molar-refractivity contribution in [2.24, 2.45) is 0 Å². The van der Waals surface area contributed by atoms with Crippen LogP contribution in [0.2, 0.25) is 0 Å². The van der Waals surface area contributed by atoms with Crippen LogP contribution in [0, 0.1) is 11.3 Å². The Bertz CT molecular complexity index is 824. The van der Waals surface area contributed by atoms with Gasteiger partial charge in [-0.1, -0.05) is 0 Å². The largest absolute Gasteiger partial charge is 0.514 e. The third-order valence-electron chi connectivity index (χ3n) is 6.24. The van der Waals surface area contributed by atoms with Gasteiger partial charge in [0.25, 0.3) is 0 Å². The Morgan fingerprint density at radius 1 is 1.29 bits per heavy atom. The average molecular weight is 389 g/mol. The standard InChI is InChI=1S/C20H28N4O4/c1-5-24(18(26)27)13-12-23-15(14-21)6-7-16(23)20(24)8-10-22(11-9-20)17(25)28-19(2,3)4/h6-7H,5,8-13H2,1-4H3/p+1. The van der Waals surface area contributed by atoms with Gasteiger partial charge in [0.1, 0.15) is 23.9 Å². The van der Waals surface area contributed by atoms with E-state index in [1.54, 1.807) is 11.0 Å². The van der Waals surface area contributed by atoms with Crippen molar-refractivity contribution in [1.29, 1.82) is 5.26 Å². The fraction of sp³-hybridized carbons (Fsp3) is 0.650. The number of aromatic nitrogens is 1. The molecule has 1 N–H and O–H groups in total. The van der Waals surface area contributed by atoms with Crippen LogP contribution >= 0.6 is 0 Å². The zero-order valence-corrected chi connectivity index (χ0v) is 17.1. The molecule has 1 spiro atoms. The third kappa shape index (κ3) is 2.94. The van der Waals surface area contributed by atoms with Crippen molar-refractivity contribution in [1.82, 2.24) is 9.47 Å². The number of hydrogen-bond acceptors (Lipinski definition) is 4. The van der Waals surface area contributed by atoms with Gasteiger partial charge in [0.2, 0.25) is 0 Å². The van der Waals surface area contributed by atoms with Gasteiger partial charge in [-0.3, -0.25) is 0 Å². The average Bonchev–Trinajstić information content (AvgIpc) is 3.05. The molecule has 1 fully saturated rings. The van der Waals surface area contributed by atoms with Crippen LogP contribution in [0.4, 0.5) is 9.59 Å². The number of carbonyl (C=O) groups excluding carboxylic acids is 1. The molecular weight excluding hydrogens is 360 g/mol. The van der Waals surface area contributed by atoms with Gasteiger partial charge in [0.15, 0.2) is 5.54 Å². The van der Waals surface area contributed by atoms with Gasteiger partial charge < -0.3 is 19.3 Å². The van der Waals surface area contributed by atoms with E-state index in [1.165, 1.54) is 0 Å². The van der Waals surface area contributed by atoms with Gasteiger partial charge in [-0.05, 0) is 39.8 Å². The van der Waals surface area contributed by atoms with Gasteiger partial charge >= 0.3 is 12.2 Å². The number of ether oxygens (including phenoxy) is 1. The molecule has 28 heavy (non-hydrogen) atoms. The summed E-state index contributed by atoms with van der Waals surface area (Å²) in [7, 11) is 0. The number of likely N-dealkylation sites (N-methyl/N-ethyl adjacent to an activating group) is 1. The zero-order chi connectivity index (χ0) is 20.7.